The molecule has 0 spiro atoms. The Hall–Kier alpha value is -3.79. The average molecular weight is 471 g/mol. The molecule has 0 saturated heterocycles. The van der Waals surface area contributed by atoms with Crippen LogP contribution in [0, 0.1) is 5.82 Å². The van der Waals surface area contributed by atoms with Gasteiger partial charge in [0.2, 0.25) is 0 Å². The van der Waals surface area contributed by atoms with Crippen LogP contribution in [-0.2, 0) is 17.9 Å². The van der Waals surface area contributed by atoms with E-state index in [4.69, 9.17) is 9.57 Å². The number of hydrogen-bond donors (Lipinski definition) is 1. The molecule has 0 saturated carbocycles. The number of benzene rings is 1. The zero-order chi connectivity index (χ0) is 24.8. The summed E-state index contributed by atoms with van der Waals surface area (Å²) in [5.41, 5.74) is -0.169. The Kier molecular flexibility index (Phi) is 7.95. The highest BCUT2D eigenvalue weighted by Crippen LogP contribution is 2.26. The summed E-state index contributed by atoms with van der Waals surface area (Å²) in [6, 6.07) is 8.91. The van der Waals surface area contributed by atoms with Crippen molar-refractivity contribution >= 4 is 5.71 Å². The topological polar surface area (TPSA) is 108 Å². The molecule has 180 valence electrons. The molecule has 10 heteroatoms. The minimum absolute atomic E-state index is 0.0793. The number of ether oxygens (including phenoxy) is 1. The Morgan fingerprint density at radius 1 is 1.24 bits per heavy atom. The lowest BCUT2D eigenvalue weighted by atomic mass is 10.1. The molecule has 2 heterocycles. The standard InChI is InChI=1S/C24H27FN4O5/c1-15(2)34-27-16(3)20-13-28(14-21(30)19-11-17(25)8-9-22(19)33-4)24(32)29(23(20)31)12-18-7-5-6-10-26-18/h5-11,13,15,21,30H,12,14H2,1-4H3/b27-16+. The number of aliphatic hydroxyl groups is 1. The van der Waals surface area contributed by atoms with E-state index in [9.17, 15) is 19.1 Å². The third-order valence-corrected chi connectivity index (χ3v) is 4.99. The third kappa shape index (κ3) is 5.76. The summed E-state index contributed by atoms with van der Waals surface area (Å²) in [6.07, 6.45) is 1.38. The maximum atomic E-state index is 13.8. The van der Waals surface area contributed by atoms with Gasteiger partial charge in [-0.3, -0.25) is 18.9 Å². The van der Waals surface area contributed by atoms with Crippen molar-refractivity contribution in [1.82, 2.24) is 14.1 Å². The van der Waals surface area contributed by atoms with Gasteiger partial charge in [0.05, 0.1) is 37.2 Å². The van der Waals surface area contributed by atoms with Crippen LogP contribution in [0.2, 0.25) is 0 Å². The summed E-state index contributed by atoms with van der Waals surface area (Å²) in [7, 11) is 1.40. The van der Waals surface area contributed by atoms with Gasteiger partial charge in [-0.25, -0.2) is 9.18 Å². The largest absolute Gasteiger partial charge is 0.496 e. The first kappa shape index (κ1) is 24.8. The third-order valence-electron chi connectivity index (χ3n) is 4.99. The molecule has 3 aromatic rings. The number of methoxy groups -OCH3 is 1. The summed E-state index contributed by atoms with van der Waals surface area (Å²) < 4.78 is 21.2. The number of hydrogen-bond acceptors (Lipinski definition) is 7. The molecular weight excluding hydrogens is 443 g/mol. The van der Waals surface area contributed by atoms with Crippen LogP contribution in [0.4, 0.5) is 4.39 Å². The molecule has 0 aliphatic rings. The van der Waals surface area contributed by atoms with Gasteiger partial charge in [0.1, 0.15) is 23.8 Å². The lowest BCUT2D eigenvalue weighted by molar-refractivity contribution is 0.0859. The molecule has 0 aliphatic heterocycles. The summed E-state index contributed by atoms with van der Waals surface area (Å²) >= 11 is 0. The molecule has 1 unspecified atom stereocenters. The minimum Gasteiger partial charge on any atom is -0.496 e. The lowest BCUT2D eigenvalue weighted by Crippen LogP contribution is -2.43. The Morgan fingerprint density at radius 2 is 2.00 bits per heavy atom. The highest BCUT2D eigenvalue weighted by molar-refractivity contribution is 5.97. The van der Waals surface area contributed by atoms with E-state index >= 15 is 0 Å². The number of aliphatic hydroxyl groups excluding tert-OH is 1. The van der Waals surface area contributed by atoms with Gasteiger partial charge in [0.15, 0.2) is 0 Å². The van der Waals surface area contributed by atoms with Crippen molar-refractivity contribution in [2.24, 2.45) is 5.16 Å². The van der Waals surface area contributed by atoms with Gasteiger partial charge >= 0.3 is 5.69 Å². The molecule has 34 heavy (non-hydrogen) atoms. The molecule has 0 bridgehead atoms. The number of nitrogens with zero attached hydrogens (tertiary/aromatic N) is 4. The summed E-state index contributed by atoms with van der Waals surface area (Å²) in [4.78, 5) is 35.9. The fraction of sp³-hybridized carbons (Fsp3) is 0.333. The Labute approximate surface area is 195 Å². The molecule has 0 aliphatic carbocycles. The molecule has 1 N–H and O–H groups in total. The van der Waals surface area contributed by atoms with Crippen molar-refractivity contribution in [2.45, 2.75) is 46.1 Å². The van der Waals surface area contributed by atoms with Crippen molar-refractivity contribution in [3.63, 3.8) is 0 Å². The Balaban J connectivity index is 2.10. The zero-order valence-electron chi connectivity index (χ0n) is 19.4. The quantitative estimate of drug-likeness (QED) is 0.380. The fourth-order valence-corrected chi connectivity index (χ4v) is 3.31. The van der Waals surface area contributed by atoms with Crippen LogP contribution < -0.4 is 16.0 Å². The predicted molar refractivity (Wildman–Crippen MR) is 125 cm³/mol. The SMILES string of the molecule is COc1ccc(F)cc1C(O)Cn1cc(/C(C)=N/OC(C)C)c(=O)n(Cc2ccccn2)c1=O. The van der Waals surface area contributed by atoms with E-state index in [0.29, 0.717) is 5.69 Å². The molecule has 0 amide bonds. The minimum atomic E-state index is -1.29. The smallest absolute Gasteiger partial charge is 0.331 e. The van der Waals surface area contributed by atoms with E-state index in [-0.39, 0.29) is 41.8 Å². The number of oxime groups is 1. The Bertz CT molecular complexity index is 1280. The van der Waals surface area contributed by atoms with Gasteiger partial charge in [-0.1, -0.05) is 11.2 Å². The van der Waals surface area contributed by atoms with E-state index in [1.165, 1.54) is 30.0 Å². The Morgan fingerprint density at radius 3 is 2.65 bits per heavy atom. The van der Waals surface area contributed by atoms with E-state index in [2.05, 4.69) is 10.1 Å². The van der Waals surface area contributed by atoms with Crippen molar-refractivity contribution in [3.8, 4) is 5.75 Å². The van der Waals surface area contributed by atoms with Crippen LogP contribution in [0.5, 0.6) is 5.75 Å². The van der Waals surface area contributed by atoms with Gasteiger partial charge in [-0.2, -0.15) is 0 Å². The van der Waals surface area contributed by atoms with Crippen LogP contribution in [0.15, 0.2) is 63.5 Å². The molecule has 3 rings (SSSR count). The first-order chi connectivity index (χ1) is 16.2. The molecular formula is C24H27FN4O5. The second-order valence-electron chi connectivity index (χ2n) is 7.92. The number of pyridine rings is 1. The maximum absolute atomic E-state index is 13.8. The average Bonchev–Trinajstić information content (AvgIpc) is 2.82. The van der Waals surface area contributed by atoms with Crippen LogP contribution in [-0.4, -0.2) is 38.2 Å². The maximum Gasteiger partial charge on any atom is 0.331 e. The van der Waals surface area contributed by atoms with Crippen molar-refractivity contribution in [1.29, 1.82) is 0 Å². The normalized spacial score (nSPS) is 12.6. The summed E-state index contributed by atoms with van der Waals surface area (Å²) in [5, 5.41) is 14.8. The number of halogens is 1. The van der Waals surface area contributed by atoms with E-state index in [1.54, 1.807) is 45.2 Å². The van der Waals surface area contributed by atoms with Gasteiger partial charge in [0, 0.05) is 18.0 Å². The predicted octanol–water partition coefficient (Wildman–Crippen LogP) is 2.48. The highest BCUT2D eigenvalue weighted by Gasteiger charge is 2.20. The van der Waals surface area contributed by atoms with Crippen LogP contribution in [0.1, 0.15) is 43.7 Å². The number of aromatic nitrogens is 3. The first-order valence-corrected chi connectivity index (χ1v) is 10.7. The second-order valence-corrected chi connectivity index (χ2v) is 7.92. The van der Waals surface area contributed by atoms with Crippen LogP contribution >= 0.6 is 0 Å². The lowest BCUT2D eigenvalue weighted by Gasteiger charge is -2.18. The fourth-order valence-electron chi connectivity index (χ4n) is 3.31. The second kappa shape index (κ2) is 10.9. The van der Waals surface area contributed by atoms with E-state index in [1.807, 2.05) is 0 Å². The molecule has 1 atom stereocenters. The highest BCUT2D eigenvalue weighted by atomic mass is 19.1. The number of rotatable bonds is 9. The van der Waals surface area contributed by atoms with Gasteiger partial charge in [-0.15, -0.1) is 0 Å². The summed E-state index contributed by atoms with van der Waals surface area (Å²) in [5.74, 6) is -0.288. The van der Waals surface area contributed by atoms with Gasteiger partial charge < -0.3 is 14.7 Å². The molecule has 9 nitrogen and oxygen atoms in total. The van der Waals surface area contributed by atoms with Crippen LogP contribution in [0.25, 0.3) is 0 Å². The van der Waals surface area contributed by atoms with Crippen molar-refractivity contribution < 1.29 is 19.1 Å². The molecule has 0 fully saturated rings. The summed E-state index contributed by atoms with van der Waals surface area (Å²) in [6.45, 7) is 4.83. The van der Waals surface area contributed by atoms with Gasteiger partial charge in [-0.05, 0) is 51.1 Å². The van der Waals surface area contributed by atoms with E-state index in [0.717, 1.165) is 10.6 Å². The first-order valence-electron chi connectivity index (χ1n) is 10.7. The molecule has 1 aromatic carbocycles. The van der Waals surface area contributed by atoms with Crippen molar-refractivity contribution in [2.75, 3.05) is 7.11 Å². The molecule has 2 aromatic heterocycles. The van der Waals surface area contributed by atoms with Gasteiger partial charge in [0.25, 0.3) is 5.56 Å². The van der Waals surface area contributed by atoms with Crippen LogP contribution in [0.3, 0.4) is 0 Å². The zero-order valence-corrected chi connectivity index (χ0v) is 19.4. The van der Waals surface area contributed by atoms with Crippen molar-refractivity contribution in [3.05, 3.63) is 92.3 Å². The monoisotopic (exact) mass is 470 g/mol. The van der Waals surface area contributed by atoms with E-state index < -0.39 is 23.2 Å². The molecule has 0 radical (unpaired) electrons.